The predicted molar refractivity (Wildman–Crippen MR) is 69.4 cm³/mol. The highest BCUT2D eigenvalue weighted by Crippen LogP contribution is 2.29. The largest absolute Gasteiger partial charge is 0.330 e. The second kappa shape index (κ2) is 6.61. The third kappa shape index (κ3) is 3.46. The van der Waals surface area contributed by atoms with Crippen LogP contribution >= 0.6 is 0 Å². The van der Waals surface area contributed by atoms with Gasteiger partial charge in [0.2, 0.25) is 0 Å². The van der Waals surface area contributed by atoms with Crippen LogP contribution in [0.4, 0.5) is 0 Å². The van der Waals surface area contributed by atoms with Gasteiger partial charge >= 0.3 is 0 Å². The lowest BCUT2D eigenvalue weighted by Gasteiger charge is -2.33. The van der Waals surface area contributed by atoms with Gasteiger partial charge in [0.1, 0.15) is 0 Å². The van der Waals surface area contributed by atoms with Gasteiger partial charge in [-0.25, -0.2) is 0 Å². The summed E-state index contributed by atoms with van der Waals surface area (Å²) in [6.07, 6.45) is 12.7. The number of rotatable bonds is 4. The minimum absolute atomic E-state index is 0.796. The highest BCUT2D eigenvalue weighted by Gasteiger charge is 2.24. The Bertz CT molecular complexity index is 187. The van der Waals surface area contributed by atoms with Crippen LogP contribution in [0.1, 0.15) is 57.8 Å². The zero-order valence-electron chi connectivity index (χ0n) is 10.6. The molecule has 0 aromatic carbocycles. The molecule has 2 nitrogen and oxygen atoms in total. The van der Waals surface area contributed by atoms with Crippen LogP contribution in [-0.4, -0.2) is 19.1 Å². The fourth-order valence-corrected chi connectivity index (χ4v) is 3.49. The molecule has 2 heteroatoms. The minimum atomic E-state index is 0.796. The second-order valence-corrected chi connectivity index (χ2v) is 5.78. The molecule has 94 valence electrons. The van der Waals surface area contributed by atoms with E-state index in [1.807, 2.05) is 0 Å². The summed E-state index contributed by atoms with van der Waals surface area (Å²) in [7, 11) is 0. The van der Waals surface area contributed by atoms with E-state index >= 15 is 0 Å². The van der Waals surface area contributed by atoms with Gasteiger partial charge in [0.25, 0.3) is 0 Å². The molecule has 2 aliphatic carbocycles. The molecule has 0 aromatic rings. The number of hydrogen-bond donors (Lipinski definition) is 2. The maximum atomic E-state index is 5.87. The molecule has 0 aromatic heterocycles. The first-order valence-corrected chi connectivity index (χ1v) is 7.33. The van der Waals surface area contributed by atoms with Crippen LogP contribution in [0, 0.1) is 11.8 Å². The Morgan fingerprint density at radius 3 is 2.12 bits per heavy atom. The Hall–Kier alpha value is -0.0800. The Kier molecular flexibility index (Phi) is 5.11. The third-order valence-electron chi connectivity index (χ3n) is 4.64. The Labute approximate surface area is 100 Å². The van der Waals surface area contributed by atoms with Gasteiger partial charge in [0.05, 0.1) is 0 Å². The van der Waals surface area contributed by atoms with Crippen molar-refractivity contribution in [3.05, 3.63) is 0 Å². The summed E-state index contributed by atoms with van der Waals surface area (Å²) in [4.78, 5) is 0. The molecule has 2 atom stereocenters. The normalized spacial score (nSPS) is 32.8. The van der Waals surface area contributed by atoms with Crippen LogP contribution in [-0.2, 0) is 0 Å². The zero-order valence-corrected chi connectivity index (χ0v) is 10.6. The van der Waals surface area contributed by atoms with Gasteiger partial charge in [0.15, 0.2) is 0 Å². The summed E-state index contributed by atoms with van der Waals surface area (Å²) in [6, 6.07) is 0.814. The fraction of sp³-hybridized carbons (Fsp3) is 1.00. The molecule has 0 bridgehead atoms. The smallest absolute Gasteiger partial charge is 0.00671 e. The predicted octanol–water partition coefficient (Wildman–Crippen LogP) is 2.67. The molecular weight excluding hydrogens is 196 g/mol. The van der Waals surface area contributed by atoms with Crippen molar-refractivity contribution in [1.29, 1.82) is 0 Å². The van der Waals surface area contributed by atoms with E-state index in [9.17, 15) is 0 Å². The standard InChI is InChI=1S/C14H28N2/c15-10-12-6-4-5-7-13(12)11-16-14-8-2-1-3-9-14/h12-14,16H,1-11,15H2. The van der Waals surface area contributed by atoms with Crippen LogP contribution in [0.2, 0.25) is 0 Å². The van der Waals surface area contributed by atoms with E-state index in [0.29, 0.717) is 0 Å². The van der Waals surface area contributed by atoms with Gasteiger partial charge in [-0.3, -0.25) is 0 Å². The molecule has 0 spiro atoms. The summed E-state index contributed by atoms with van der Waals surface area (Å²) >= 11 is 0. The van der Waals surface area contributed by atoms with Crippen molar-refractivity contribution >= 4 is 0 Å². The summed E-state index contributed by atoms with van der Waals surface area (Å²) < 4.78 is 0. The van der Waals surface area contributed by atoms with E-state index in [-0.39, 0.29) is 0 Å². The van der Waals surface area contributed by atoms with Crippen LogP contribution < -0.4 is 11.1 Å². The molecule has 3 N–H and O–H groups in total. The summed E-state index contributed by atoms with van der Waals surface area (Å²) in [5.41, 5.74) is 5.87. The van der Waals surface area contributed by atoms with Crippen molar-refractivity contribution in [2.45, 2.75) is 63.8 Å². The highest BCUT2D eigenvalue weighted by atomic mass is 14.9. The molecule has 2 saturated carbocycles. The Morgan fingerprint density at radius 2 is 1.44 bits per heavy atom. The second-order valence-electron chi connectivity index (χ2n) is 5.78. The van der Waals surface area contributed by atoms with Gasteiger partial charge in [-0.15, -0.1) is 0 Å². The molecule has 2 rings (SSSR count). The lowest BCUT2D eigenvalue weighted by atomic mass is 9.79. The highest BCUT2D eigenvalue weighted by molar-refractivity contribution is 4.80. The molecule has 2 unspecified atom stereocenters. The van der Waals surface area contributed by atoms with Crippen molar-refractivity contribution in [2.75, 3.05) is 13.1 Å². The monoisotopic (exact) mass is 224 g/mol. The first-order chi connectivity index (χ1) is 7.90. The average molecular weight is 224 g/mol. The third-order valence-corrected chi connectivity index (χ3v) is 4.64. The molecule has 16 heavy (non-hydrogen) atoms. The Morgan fingerprint density at radius 1 is 0.812 bits per heavy atom. The zero-order chi connectivity index (χ0) is 11.2. The number of nitrogens with two attached hydrogens (primary N) is 1. The van der Waals surface area contributed by atoms with Crippen LogP contribution in [0.5, 0.6) is 0 Å². The van der Waals surface area contributed by atoms with Crippen molar-refractivity contribution in [2.24, 2.45) is 17.6 Å². The van der Waals surface area contributed by atoms with E-state index < -0.39 is 0 Å². The molecule has 0 radical (unpaired) electrons. The maximum absolute atomic E-state index is 5.87. The van der Waals surface area contributed by atoms with Crippen LogP contribution in [0.25, 0.3) is 0 Å². The summed E-state index contributed by atoms with van der Waals surface area (Å²) in [6.45, 7) is 2.13. The van der Waals surface area contributed by atoms with E-state index in [1.165, 1.54) is 64.3 Å². The van der Waals surface area contributed by atoms with E-state index in [1.54, 1.807) is 0 Å². The van der Waals surface area contributed by atoms with Gasteiger partial charge in [-0.2, -0.15) is 0 Å². The van der Waals surface area contributed by atoms with Crippen LogP contribution in [0.3, 0.4) is 0 Å². The minimum Gasteiger partial charge on any atom is -0.330 e. The Balaban J connectivity index is 1.70. The molecule has 2 fully saturated rings. The van der Waals surface area contributed by atoms with Gasteiger partial charge in [-0.05, 0) is 50.6 Å². The van der Waals surface area contributed by atoms with Crippen molar-refractivity contribution in [1.82, 2.24) is 5.32 Å². The molecule has 2 aliphatic rings. The summed E-state index contributed by atoms with van der Waals surface area (Å²) in [5.74, 6) is 1.66. The summed E-state index contributed by atoms with van der Waals surface area (Å²) in [5, 5.41) is 3.80. The topological polar surface area (TPSA) is 38.0 Å². The molecule has 0 heterocycles. The first-order valence-electron chi connectivity index (χ1n) is 7.33. The van der Waals surface area contributed by atoms with Gasteiger partial charge in [-0.1, -0.05) is 32.1 Å². The lowest BCUT2D eigenvalue weighted by Crippen LogP contribution is -2.39. The SMILES string of the molecule is NCC1CCCCC1CNC1CCCCC1. The van der Waals surface area contributed by atoms with E-state index in [4.69, 9.17) is 5.73 Å². The van der Waals surface area contributed by atoms with Crippen LogP contribution in [0.15, 0.2) is 0 Å². The van der Waals surface area contributed by atoms with Crippen molar-refractivity contribution < 1.29 is 0 Å². The van der Waals surface area contributed by atoms with Gasteiger partial charge in [0, 0.05) is 6.04 Å². The molecule has 0 amide bonds. The average Bonchev–Trinajstić information content (AvgIpc) is 2.38. The molecule has 0 saturated heterocycles. The van der Waals surface area contributed by atoms with E-state index in [0.717, 1.165) is 24.4 Å². The molecule has 0 aliphatic heterocycles. The van der Waals surface area contributed by atoms with E-state index in [2.05, 4.69) is 5.32 Å². The maximum Gasteiger partial charge on any atom is 0.00671 e. The molecular formula is C14H28N2. The number of nitrogens with one attached hydrogen (secondary N) is 1. The number of hydrogen-bond acceptors (Lipinski definition) is 2. The quantitative estimate of drug-likeness (QED) is 0.770. The van der Waals surface area contributed by atoms with Crippen molar-refractivity contribution in [3.8, 4) is 0 Å². The lowest BCUT2D eigenvalue weighted by molar-refractivity contribution is 0.222. The van der Waals surface area contributed by atoms with Gasteiger partial charge < -0.3 is 11.1 Å². The van der Waals surface area contributed by atoms with Crippen molar-refractivity contribution in [3.63, 3.8) is 0 Å². The fourth-order valence-electron chi connectivity index (χ4n) is 3.49. The first kappa shape index (κ1) is 12.4.